The molecule has 2 aliphatic carbocycles. The molecule has 3 N–H and O–H groups in total. The van der Waals surface area contributed by atoms with Crippen LogP contribution in [0, 0.1) is 0 Å². The minimum Gasteiger partial charge on any atom is -0.392 e. The van der Waals surface area contributed by atoms with Gasteiger partial charge in [0, 0.05) is 5.56 Å². The summed E-state index contributed by atoms with van der Waals surface area (Å²) in [5, 5.41) is 6.33. The van der Waals surface area contributed by atoms with Gasteiger partial charge in [0.05, 0.1) is 22.5 Å². The first kappa shape index (κ1) is 21.9. The fraction of sp³-hybridized carbons (Fsp3) is 0.381. The van der Waals surface area contributed by atoms with E-state index >= 15 is 0 Å². The van der Waals surface area contributed by atoms with Gasteiger partial charge in [-0.15, -0.1) is 0 Å². The number of hydrogen-bond acceptors (Lipinski definition) is 8. The van der Waals surface area contributed by atoms with Crippen LogP contribution in [0.1, 0.15) is 54.6 Å². The SMILES string of the molecule is NC(=O)c1cnc(NC(=O)/C(=N/OC2CCCC2)c2ccc(S(=O)(=O)C3CC3)cc2)cn1. The molecule has 32 heavy (non-hydrogen) atoms. The maximum atomic E-state index is 12.9. The number of sulfone groups is 1. The highest BCUT2D eigenvalue weighted by Gasteiger charge is 2.36. The van der Waals surface area contributed by atoms with Crippen molar-refractivity contribution in [1.82, 2.24) is 9.97 Å². The number of nitrogens with zero attached hydrogens (tertiary/aromatic N) is 3. The average Bonchev–Trinajstić information content (AvgIpc) is 3.52. The minimum absolute atomic E-state index is 0.0203. The molecule has 0 aliphatic heterocycles. The molecular formula is C21H23N5O5S. The van der Waals surface area contributed by atoms with Crippen molar-refractivity contribution in [2.75, 3.05) is 5.32 Å². The van der Waals surface area contributed by atoms with Crippen molar-refractivity contribution in [1.29, 1.82) is 0 Å². The van der Waals surface area contributed by atoms with E-state index in [1.54, 1.807) is 0 Å². The van der Waals surface area contributed by atoms with Gasteiger partial charge in [-0.05, 0) is 50.7 Å². The second-order valence-electron chi connectivity index (χ2n) is 7.83. The van der Waals surface area contributed by atoms with Crippen molar-refractivity contribution < 1.29 is 22.8 Å². The Morgan fingerprint density at radius 1 is 1.03 bits per heavy atom. The van der Waals surface area contributed by atoms with E-state index in [1.165, 1.54) is 30.5 Å². The molecule has 1 heterocycles. The monoisotopic (exact) mass is 457 g/mol. The molecule has 2 saturated carbocycles. The van der Waals surface area contributed by atoms with Gasteiger partial charge < -0.3 is 15.9 Å². The van der Waals surface area contributed by atoms with Crippen LogP contribution >= 0.6 is 0 Å². The number of nitrogens with one attached hydrogen (secondary N) is 1. The van der Waals surface area contributed by atoms with Crippen molar-refractivity contribution in [2.24, 2.45) is 10.9 Å². The van der Waals surface area contributed by atoms with Crippen LogP contribution in [0.5, 0.6) is 0 Å². The quantitative estimate of drug-likeness (QED) is 0.452. The molecule has 0 saturated heterocycles. The maximum absolute atomic E-state index is 12.9. The van der Waals surface area contributed by atoms with Crippen molar-refractivity contribution in [3.63, 3.8) is 0 Å². The van der Waals surface area contributed by atoms with Crippen molar-refractivity contribution in [3.05, 3.63) is 47.9 Å². The van der Waals surface area contributed by atoms with Crippen LogP contribution in [0.3, 0.4) is 0 Å². The van der Waals surface area contributed by atoms with E-state index < -0.39 is 21.7 Å². The van der Waals surface area contributed by atoms with E-state index in [-0.39, 0.29) is 33.5 Å². The maximum Gasteiger partial charge on any atom is 0.279 e. The number of aromatic nitrogens is 2. The Kier molecular flexibility index (Phi) is 6.17. The molecule has 168 valence electrons. The predicted molar refractivity (Wildman–Crippen MR) is 116 cm³/mol. The van der Waals surface area contributed by atoms with E-state index in [4.69, 9.17) is 10.6 Å². The summed E-state index contributed by atoms with van der Waals surface area (Å²) in [5.74, 6) is -1.24. The first-order valence-electron chi connectivity index (χ1n) is 10.4. The van der Waals surface area contributed by atoms with Crippen molar-refractivity contribution in [3.8, 4) is 0 Å². The normalized spacial score (nSPS) is 17.2. The van der Waals surface area contributed by atoms with Gasteiger partial charge in [0.1, 0.15) is 11.8 Å². The average molecular weight is 458 g/mol. The molecule has 10 nitrogen and oxygen atoms in total. The fourth-order valence-corrected chi connectivity index (χ4v) is 5.07. The molecule has 0 radical (unpaired) electrons. The highest BCUT2D eigenvalue weighted by molar-refractivity contribution is 7.92. The molecule has 1 aromatic carbocycles. The van der Waals surface area contributed by atoms with Crippen LogP contribution in [0.4, 0.5) is 5.82 Å². The molecule has 2 fully saturated rings. The van der Waals surface area contributed by atoms with Crippen LogP contribution in [0.15, 0.2) is 46.7 Å². The zero-order valence-corrected chi connectivity index (χ0v) is 18.0. The number of primary amides is 1. The molecule has 1 aromatic heterocycles. The van der Waals surface area contributed by atoms with Gasteiger partial charge in [0.2, 0.25) is 0 Å². The largest absolute Gasteiger partial charge is 0.392 e. The molecule has 4 rings (SSSR count). The summed E-state index contributed by atoms with van der Waals surface area (Å²) in [5.41, 5.74) is 5.49. The zero-order chi connectivity index (χ0) is 22.7. The molecule has 0 bridgehead atoms. The van der Waals surface area contributed by atoms with Crippen LogP contribution in [0.2, 0.25) is 0 Å². The molecule has 2 aliphatic rings. The summed E-state index contributed by atoms with van der Waals surface area (Å²) in [6.07, 6.45) is 7.43. The Morgan fingerprint density at radius 3 is 2.28 bits per heavy atom. The summed E-state index contributed by atoms with van der Waals surface area (Å²) in [6, 6.07) is 6.02. The third-order valence-electron chi connectivity index (χ3n) is 5.38. The van der Waals surface area contributed by atoms with Gasteiger partial charge in [-0.1, -0.05) is 17.3 Å². The Balaban J connectivity index is 1.57. The number of benzene rings is 1. The van der Waals surface area contributed by atoms with Crippen LogP contribution < -0.4 is 11.1 Å². The first-order valence-corrected chi connectivity index (χ1v) is 11.9. The van der Waals surface area contributed by atoms with Gasteiger partial charge in [0.25, 0.3) is 11.8 Å². The Hall–Kier alpha value is -3.34. The Bertz CT molecular complexity index is 1140. The van der Waals surface area contributed by atoms with Gasteiger partial charge in [-0.25, -0.2) is 18.4 Å². The van der Waals surface area contributed by atoms with Gasteiger partial charge in [-0.2, -0.15) is 0 Å². The predicted octanol–water partition coefficient (Wildman–Crippen LogP) is 1.81. The highest BCUT2D eigenvalue weighted by atomic mass is 32.2. The minimum atomic E-state index is -3.34. The standard InChI is InChI=1S/C21H23N5O5S/c22-20(27)17-11-24-18(12-23-17)25-21(28)19(26-31-14-3-1-2-4-14)13-5-7-15(8-6-13)32(29,30)16-9-10-16/h5-8,11-12,14,16H,1-4,9-10H2,(H2,22,27)(H,24,25,28)/b26-19+. The van der Waals surface area contributed by atoms with E-state index in [0.717, 1.165) is 31.9 Å². The van der Waals surface area contributed by atoms with Crippen LogP contribution in [-0.2, 0) is 19.5 Å². The lowest BCUT2D eigenvalue weighted by atomic mass is 10.1. The van der Waals surface area contributed by atoms with Crippen molar-refractivity contribution in [2.45, 2.75) is 54.8 Å². The Labute approximate surface area is 185 Å². The van der Waals surface area contributed by atoms with Gasteiger partial charge >= 0.3 is 0 Å². The third kappa shape index (κ3) is 4.93. The van der Waals surface area contributed by atoms with E-state index in [0.29, 0.717) is 18.4 Å². The smallest absolute Gasteiger partial charge is 0.279 e. The zero-order valence-electron chi connectivity index (χ0n) is 17.2. The molecule has 11 heteroatoms. The number of carbonyl (C=O) groups is 2. The van der Waals surface area contributed by atoms with E-state index in [2.05, 4.69) is 20.4 Å². The van der Waals surface area contributed by atoms with Crippen LogP contribution in [-0.4, -0.2) is 47.3 Å². The summed E-state index contributed by atoms with van der Waals surface area (Å²) in [7, 11) is -3.34. The number of hydrogen-bond donors (Lipinski definition) is 2. The fourth-order valence-electron chi connectivity index (χ4n) is 3.41. The lowest BCUT2D eigenvalue weighted by Gasteiger charge is -2.11. The van der Waals surface area contributed by atoms with E-state index in [9.17, 15) is 18.0 Å². The molecule has 0 unspecified atom stereocenters. The molecular weight excluding hydrogens is 434 g/mol. The molecule has 2 amide bonds. The summed E-state index contributed by atoms with van der Waals surface area (Å²) in [4.78, 5) is 37.7. The third-order valence-corrected chi connectivity index (χ3v) is 7.65. The number of rotatable bonds is 8. The van der Waals surface area contributed by atoms with Crippen molar-refractivity contribution >= 4 is 33.2 Å². The second-order valence-corrected chi connectivity index (χ2v) is 10.1. The number of nitrogens with two attached hydrogens (primary N) is 1. The molecule has 0 spiro atoms. The Morgan fingerprint density at radius 2 is 1.72 bits per heavy atom. The topological polar surface area (TPSA) is 154 Å². The summed E-state index contributed by atoms with van der Waals surface area (Å²) in [6.45, 7) is 0. The molecule has 2 aromatic rings. The first-order chi connectivity index (χ1) is 15.3. The lowest BCUT2D eigenvalue weighted by Crippen LogP contribution is -2.26. The van der Waals surface area contributed by atoms with Crippen LogP contribution in [0.25, 0.3) is 0 Å². The number of carbonyl (C=O) groups excluding carboxylic acids is 2. The lowest BCUT2D eigenvalue weighted by molar-refractivity contribution is -0.110. The van der Waals surface area contributed by atoms with Gasteiger partial charge in [0.15, 0.2) is 21.4 Å². The van der Waals surface area contributed by atoms with Gasteiger partial charge in [-0.3, -0.25) is 9.59 Å². The number of oxime groups is 1. The number of anilines is 1. The second kappa shape index (κ2) is 9.03. The van der Waals surface area contributed by atoms with E-state index in [1.807, 2.05) is 0 Å². The molecule has 0 atom stereocenters. The summed E-state index contributed by atoms with van der Waals surface area (Å²) < 4.78 is 24.9. The highest BCUT2D eigenvalue weighted by Crippen LogP contribution is 2.33. The summed E-state index contributed by atoms with van der Waals surface area (Å²) >= 11 is 0. The number of amides is 2.